The molecule has 2 aliphatic heterocycles. The van der Waals surface area contributed by atoms with Gasteiger partial charge in [-0.2, -0.15) is 4.99 Å². The number of fused-ring (bicyclic) bond motifs is 1. The SMILES string of the molecule is CCOC(=O)c1ccc(NC(=O)CN2C(=O)/C(=C3/SC(=O)N=C3N)c3ccccc32)cc1. The van der Waals surface area contributed by atoms with E-state index in [-0.39, 0.29) is 24.6 Å². The summed E-state index contributed by atoms with van der Waals surface area (Å²) in [5, 5.41) is 2.22. The number of hydrogen-bond acceptors (Lipinski definition) is 7. The van der Waals surface area contributed by atoms with Crippen LogP contribution in [0.4, 0.5) is 16.2 Å². The molecule has 2 heterocycles. The average molecular weight is 450 g/mol. The van der Waals surface area contributed by atoms with Gasteiger partial charge in [-0.05, 0) is 49.0 Å². The molecule has 0 fully saturated rings. The largest absolute Gasteiger partial charge is 0.462 e. The Bertz CT molecular complexity index is 1200. The number of nitrogens with zero attached hydrogens (tertiary/aromatic N) is 2. The van der Waals surface area contributed by atoms with Crippen LogP contribution in [0.25, 0.3) is 5.57 Å². The monoisotopic (exact) mass is 450 g/mol. The molecule has 32 heavy (non-hydrogen) atoms. The van der Waals surface area contributed by atoms with Gasteiger partial charge in [0.2, 0.25) is 5.91 Å². The van der Waals surface area contributed by atoms with Gasteiger partial charge in [-0.25, -0.2) is 4.79 Å². The number of nitrogens with one attached hydrogen (secondary N) is 1. The number of rotatable bonds is 5. The van der Waals surface area contributed by atoms with Crippen LogP contribution in [0.1, 0.15) is 22.8 Å². The molecular formula is C22H18N4O5S. The van der Waals surface area contributed by atoms with Crippen LogP contribution >= 0.6 is 11.8 Å². The fraction of sp³-hybridized carbons (Fsp3) is 0.136. The van der Waals surface area contributed by atoms with E-state index in [9.17, 15) is 19.2 Å². The molecular weight excluding hydrogens is 432 g/mol. The van der Waals surface area contributed by atoms with Gasteiger partial charge in [0.1, 0.15) is 12.4 Å². The Hall–Kier alpha value is -3.92. The molecule has 0 saturated heterocycles. The summed E-state index contributed by atoms with van der Waals surface area (Å²) in [4.78, 5) is 54.5. The van der Waals surface area contributed by atoms with Crippen LogP contribution in [-0.2, 0) is 14.3 Å². The molecule has 3 amide bonds. The molecule has 0 aromatic heterocycles. The Morgan fingerprint density at radius 3 is 2.50 bits per heavy atom. The Labute approximate surface area is 187 Å². The molecule has 0 bridgehead atoms. The maximum Gasteiger partial charge on any atom is 0.338 e. The van der Waals surface area contributed by atoms with Crippen LogP contribution in [0.2, 0.25) is 0 Å². The lowest BCUT2D eigenvalue weighted by Crippen LogP contribution is -2.35. The second-order valence-electron chi connectivity index (χ2n) is 6.82. The van der Waals surface area contributed by atoms with Crippen molar-refractivity contribution in [2.45, 2.75) is 6.92 Å². The molecule has 2 aromatic rings. The van der Waals surface area contributed by atoms with Crippen molar-refractivity contribution in [3.8, 4) is 0 Å². The molecule has 4 rings (SSSR count). The second-order valence-corrected chi connectivity index (χ2v) is 7.79. The zero-order valence-electron chi connectivity index (χ0n) is 17.0. The van der Waals surface area contributed by atoms with Gasteiger partial charge in [-0.3, -0.25) is 19.3 Å². The first kappa shape index (κ1) is 21.3. The molecule has 10 heteroatoms. The van der Waals surface area contributed by atoms with Crippen molar-refractivity contribution in [2.24, 2.45) is 10.7 Å². The lowest BCUT2D eigenvalue weighted by atomic mass is 10.1. The van der Waals surface area contributed by atoms with E-state index in [0.29, 0.717) is 27.4 Å². The van der Waals surface area contributed by atoms with Crippen molar-refractivity contribution in [1.82, 2.24) is 0 Å². The van der Waals surface area contributed by atoms with Gasteiger partial charge < -0.3 is 15.8 Å². The number of hydrogen-bond donors (Lipinski definition) is 2. The molecule has 2 aliphatic rings. The number of para-hydroxylation sites is 1. The van der Waals surface area contributed by atoms with Crippen molar-refractivity contribution in [1.29, 1.82) is 0 Å². The van der Waals surface area contributed by atoms with Gasteiger partial charge in [0.25, 0.3) is 5.91 Å². The molecule has 0 unspecified atom stereocenters. The summed E-state index contributed by atoms with van der Waals surface area (Å²) in [5.74, 6) is -1.32. The second kappa shape index (κ2) is 8.67. The Morgan fingerprint density at radius 2 is 1.84 bits per heavy atom. The normalized spacial score (nSPS) is 17.3. The van der Waals surface area contributed by atoms with E-state index in [2.05, 4.69) is 10.3 Å². The van der Waals surface area contributed by atoms with E-state index in [1.807, 2.05) is 0 Å². The van der Waals surface area contributed by atoms with Crippen molar-refractivity contribution < 1.29 is 23.9 Å². The van der Waals surface area contributed by atoms with E-state index in [1.165, 1.54) is 4.90 Å². The quantitative estimate of drug-likeness (QED) is 0.529. The molecule has 0 radical (unpaired) electrons. The maximum absolute atomic E-state index is 13.2. The number of carbonyl (C=O) groups is 4. The Morgan fingerprint density at radius 1 is 1.12 bits per heavy atom. The first-order chi connectivity index (χ1) is 15.4. The summed E-state index contributed by atoms with van der Waals surface area (Å²) in [6.07, 6.45) is 0. The van der Waals surface area contributed by atoms with Crippen LogP contribution in [0.5, 0.6) is 0 Å². The minimum atomic E-state index is -0.488. The van der Waals surface area contributed by atoms with Gasteiger partial charge in [0, 0.05) is 11.3 Å². The lowest BCUT2D eigenvalue weighted by Gasteiger charge is -2.17. The highest BCUT2D eigenvalue weighted by Gasteiger charge is 2.38. The Kier molecular flexibility index (Phi) is 5.78. The van der Waals surface area contributed by atoms with Crippen LogP contribution in [0.3, 0.4) is 0 Å². The predicted octanol–water partition coefficient (Wildman–Crippen LogP) is 2.78. The van der Waals surface area contributed by atoms with Gasteiger partial charge >= 0.3 is 11.2 Å². The standard InChI is InChI=1S/C22H18N4O5S/c1-2-31-21(29)12-7-9-13(10-8-12)24-16(27)11-26-15-6-4-3-5-14(15)17(20(26)28)18-19(23)25-22(30)32-18/h3-10H,2,11H2,1H3,(H,24,27)(H2,23,25,30)/b18-17+. The average Bonchev–Trinajstić information content (AvgIpc) is 3.24. The number of carbonyl (C=O) groups excluding carboxylic acids is 4. The van der Waals surface area contributed by atoms with Crippen LogP contribution in [0, 0.1) is 0 Å². The maximum atomic E-state index is 13.2. The van der Waals surface area contributed by atoms with Gasteiger partial charge in [0.05, 0.1) is 28.3 Å². The van der Waals surface area contributed by atoms with Gasteiger partial charge in [-0.15, -0.1) is 0 Å². The third kappa shape index (κ3) is 4.00. The molecule has 162 valence electrons. The number of thioether (sulfide) groups is 1. The van der Waals surface area contributed by atoms with E-state index >= 15 is 0 Å². The highest BCUT2D eigenvalue weighted by atomic mass is 32.2. The highest BCUT2D eigenvalue weighted by Crippen LogP contribution is 2.42. The summed E-state index contributed by atoms with van der Waals surface area (Å²) in [7, 11) is 0. The summed E-state index contributed by atoms with van der Waals surface area (Å²) in [6.45, 7) is 1.74. The first-order valence-corrected chi connectivity index (χ1v) is 10.5. The van der Waals surface area contributed by atoms with E-state index in [4.69, 9.17) is 10.5 Å². The molecule has 2 aromatic carbocycles. The molecule has 0 aliphatic carbocycles. The zero-order valence-corrected chi connectivity index (χ0v) is 17.8. The van der Waals surface area contributed by atoms with E-state index < -0.39 is 23.0 Å². The van der Waals surface area contributed by atoms with E-state index in [1.54, 1.807) is 55.5 Å². The number of esters is 1. The minimum Gasteiger partial charge on any atom is -0.462 e. The first-order valence-electron chi connectivity index (χ1n) is 9.68. The van der Waals surface area contributed by atoms with Crippen LogP contribution in [0.15, 0.2) is 58.4 Å². The van der Waals surface area contributed by atoms with Crippen LogP contribution < -0.4 is 16.0 Å². The van der Waals surface area contributed by atoms with Gasteiger partial charge in [0.15, 0.2) is 0 Å². The third-order valence-electron chi connectivity index (χ3n) is 4.77. The van der Waals surface area contributed by atoms with Crippen molar-refractivity contribution >= 4 is 57.6 Å². The number of aliphatic imine (C=N–C) groups is 1. The predicted molar refractivity (Wildman–Crippen MR) is 121 cm³/mol. The number of ether oxygens (including phenoxy) is 1. The van der Waals surface area contributed by atoms with Crippen molar-refractivity contribution in [3.05, 3.63) is 64.6 Å². The van der Waals surface area contributed by atoms with Crippen molar-refractivity contribution in [2.75, 3.05) is 23.4 Å². The molecule has 3 N–H and O–H groups in total. The summed E-state index contributed by atoms with van der Waals surface area (Å²) in [6, 6.07) is 13.2. The summed E-state index contributed by atoms with van der Waals surface area (Å²) < 4.78 is 4.93. The highest BCUT2D eigenvalue weighted by molar-refractivity contribution is 8.18. The summed E-state index contributed by atoms with van der Waals surface area (Å²) in [5.41, 5.74) is 8.05. The lowest BCUT2D eigenvalue weighted by molar-refractivity contribution is -0.118. The fourth-order valence-corrected chi connectivity index (χ4v) is 4.16. The number of anilines is 2. The minimum absolute atomic E-state index is 0.00820. The Balaban J connectivity index is 1.53. The van der Waals surface area contributed by atoms with Crippen molar-refractivity contribution in [3.63, 3.8) is 0 Å². The molecule has 0 saturated carbocycles. The smallest absolute Gasteiger partial charge is 0.338 e. The number of amides is 3. The van der Waals surface area contributed by atoms with Gasteiger partial charge in [-0.1, -0.05) is 18.2 Å². The molecule has 0 spiro atoms. The summed E-state index contributed by atoms with van der Waals surface area (Å²) >= 11 is 0.795. The topological polar surface area (TPSA) is 131 Å². The van der Waals surface area contributed by atoms with Crippen LogP contribution in [-0.4, -0.2) is 42.0 Å². The number of benzene rings is 2. The third-order valence-corrected chi connectivity index (χ3v) is 5.65. The zero-order chi connectivity index (χ0) is 22.8. The number of amidine groups is 1. The van der Waals surface area contributed by atoms with E-state index in [0.717, 1.165) is 11.8 Å². The molecule has 9 nitrogen and oxygen atoms in total. The number of nitrogens with two attached hydrogens (primary N) is 1. The molecule has 0 atom stereocenters. The fourth-order valence-electron chi connectivity index (χ4n) is 3.40.